The van der Waals surface area contributed by atoms with E-state index < -0.39 is 48.1 Å². The van der Waals surface area contributed by atoms with Crippen LogP contribution in [0, 0.1) is 0 Å². The molecule has 82 heavy (non-hydrogen) atoms. The van der Waals surface area contributed by atoms with E-state index in [1.807, 2.05) is 6.07 Å². The van der Waals surface area contributed by atoms with Crippen LogP contribution in [0.25, 0.3) is 44.1 Å². The maximum Gasteiger partial charge on any atom is 0.248 e. The number of halogens is 5. The predicted molar refractivity (Wildman–Crippen MR) is 307 cm³/mol. The number of alkyl halides is 2. The molecule has 8 aromatic rings. The molecule has 0 radical (unpaired) electrons. The molecule has 424 valence electrons. The van der Waals surface area contributed by atoms with Crippen LogP contribution < -0.4 is 16.4 Å². The van der Waals surface area contributed by atoms with Gasteiger partial charge in [0.1, 0.15) is 87.2 Å². The summed E-state index contributed by atoms with van der Waals surface area (Å²) >= 11 is 6.48. The van der Waals surface area contributed by atoms with Gasteiger partial charge in [0.25, 0.3) is 0 Å². The number of likely N-dealkylation sites (tertiary alicyclic amines) is 2. The Morgan fingerprint density at radius 3 is 1.39 bits per heavy atom. The van der Waals surface area contributed by atoms with Gasteiger partial charge in [0, 0.05) is 86.2 Å². The summed E-state index contributed by atoms with van der Waals surface area (Å²) in [6.07, 6.45) is 4.44. The Balaban J connectivity index is 0.000000213. The molecule has 4 amide bonds. The third-order valence-electron chi connectivity index (χ3n) is 13.4. The van der Waals surface area contributed by atoms with Crippen molar-refractivity contribution in [3.63, 3.8) is 0 Å². The number of amides is 4. The third-order valence-corrected chi connectivity index (χ3v) is 14.3. The number of aromatic nitrogens is 10. The Morgan fingerprint density at radius 1 is 0.598 bits per heavy atom. The van der Waals surface area contributed by atoms with Crippen LogP contribution in [-0.4, -0.2) is 138 Å². The molecule has 4 N–H and O–H groups in total. The van der Waals surface area contributed by atoms with Crippen LogP contribution in [0.4, 0.5) is 20.4 Å². The lowest BCUT2D eigenvalue weighted by atomic mass is 10.0. The van der Waals surface area contributed by atoms with Crippen LogP contribution in [0.15, 0.2) is 107 Å². The minimum absolute atomic E-state index is 0. The largest absolute Gasteiger partial charge is 0.326 e. The quantitative estimate of drug-likeness (QED) is 0.0633. The molecule has 0 spiro atoms. The number of nitrogens with zero attached hydrogens (tertiary/aromatic N) is 12. The molecule has 2 fully saturated rings. The molecule has 2 aliphatic heterocycles. The van der Waals surface area contributed by atoms with E-state index in [-0.39, 0.29) is 98.3 Å². The van der Waals surface area contributed by atoms with Gasteiger partial charge >= 0.3 is 0 Å². The van der Waals surface area contributed by atoms with E-state index in [0.29, 0.717) is 61.1 Å². The topological polar surface area (TPSA) is 289 Å². The highest BCUT2D eigenvalue weighted by molar-refractivity contribution is 9.10. The van der Waals surface area contributed by atoms with Gasteiger partial charge in [-0.05, 0) is 98.4 Å². The Labute approximate surface area is 489 Å². The average Bonchev–Trinajstić information content (AvgIpc) is 4.41. The summed E-state index contributed by atoms with van der Waals surface area (Å²) < 4.78 is 32.7. The molecular weight excluding hydrogens is 1220 g/mol. The lowest BCUT2D eigenvalue weighted by Gasteiger charge is -2.23. The zero-order chi connectivity index (χ0) is 57.6. The molecule has 2 aliphatic rings. The maximum atomic E-state index is 14.5. The van der Waals surface area contributed by atoms with Crippen molar-refractivity contribution in [2.75, 3.05) is 23.7 Å². The first-order chi connectivity index (χ1) is 38.8. The van der Waals surface area contributed by atoms with Crippen molar-refractivity contribution in [1.82, 2.24) is 59.3 Å². The van der Waals surface area contributed by atoms with Crippen LogP contribution in [0.2, 0.25) is 0 Å². The average molecular weight is 1270 g/mol. The Morgan fingerprint density at radius 2 is 1.01 bits per heavy atom. The molecule has 2 saturated heterocycles. The van der Waals surface area contributed by atoms with Crippen molar-refractivity contribution < 1.29 is 42.3 Å². The van der Waals surface area contributed by atoms with Crippen molar-refractivity contribution in [2.45, 2.75) is 90.5 Å². The lowest BCUT2D eigenvalue weighted by Crippen LogP contribution is -2.44. The molecule has 4 atom stereocenters. The zero-order valence-electron chi connectivity index (χ0n) is 44.1. The van der Waals surface area contributed by atoms with Crippen molar-refractivity contribution in [3.8, 4) is 22.3 Å². The van der Waals surface area contributed by atoms with Crippen LogP contribution >= 0.6 is 44.3 Å². The van der Waals surface area contributed by atoms with Crippen molar-refractivity contribution in [1.29, 1.82) is 0 Å². The van der Waals surface area contributed by atoms with Crippen molar-refractivity contribution in [2.24, 2.45) is 5.73 Å². The van der Waals surface area contributed by atoms with Crippen LogP contribution in [-0.2, 0) is 50.0 Å². The number of hydrogen-bond donors (Lipinski definition) is 3. The Hall–Kier alpha value is -8.20. The number of benzene rings is 2. The molecule has 2 aromatic carbocycles. The summed E-state index contributed by atoms with van der Waals surface area (Å²) in [5.74, 6) is -0.943. The number of carbonyl (C=O) groups excluding carboxylic acids is 7. The number of anilines is 2. The maximum absolute atomic E-state index is 14.5. The number of Topliss-reactive ketones (excluding diaryl/α,β-unsaturated/α-hetero) is 3. The van der Waals surface area contributed by atoms with Crippen molar-refractivity contribution >= 4 is 119 Å². The number of fused-ring (bicyclic) bond motifs is 2. The highest BCUT2D eigenvalue weighted by Crippen LogP contribution is 2.31. The number of aryl methyl sites for hydroxylation is 1. The molecule has 22 nitrogen and oxygen atoms in total. The molecule has 8 heterocycles. The van der Waals surface area contributed by atoms with Gasteiger partial charge in [0.15, 0.2) is 11.6 Å². The summed E-state index contributed by atoms with van der Waals surface area (Å²) in [6, 6.07) is 18.6. The van der Waals surface area contributed by atoms with E-state index >= 15 is 0 Å². The minimum Gasteiger partial charge on any atom is -0.326 e. The highest BCUT2D eigenvalue weighted by Gasteiger charge is 2.41. The molecule has 0 bridgehead atoms. The molecule has 0 saturated carbocycles. The van der Waals surface area contributed by atoms with Crippen LogP contribution in [0.3, 0.4) is 0 Å². The number of nitrogens with one attached hydrogen (secondary N) is 2. The SMILES string of the molecule is CC(=O)CCc1ncc(-c2ccc3c(c2)c(C(C)=O)nn3CC(=O)N2C[C@H](F)C[C@H]2C(=O)Nc2cccc(Br)n2)cn1.CC(=O)c1nn(CC(=O)N2C[C@H](F)C[C@H]2C(=O)Nc2cccc(Br)n2)c2ccc(-c3cnc(CN)nc3)cc12.Cl. The van der Waals surface area contributed by atoms with E-state index in [9.17, 15) is 42.3 Å². The second-order valence-electron chi connectivity index (χ2n) is 19.2. The first-order valence-electron chi connectivity index (χ1n) is 25.4. The summed E-state index contributed by atoms with van der Waals surface area (Å²) in [7, 11) is 0. The summed E-state index contributed by atoms with van der Waals surface area (Å²) in [6.45, 7) is 3.51. The first-order valence-corrected chi connectivity index (χ1v) is 27.0. The van der Waals surface area contributed by atoms with E-state index in [2.05, 4.69) is 82.6 Å². The second kappa shape index (κ2) is 26.1. The standard InChI is InChI=1S/C29H27BrFN7O4.C26H24BrFN8O3.ClH/c1-16(39)6-9-25-32-12-19(13-33-25)18-7-8-22-21(10-18)28(17(2)40)36-38(22)15-27(41)37-14-20(31)11-23(37)29(42)35-26-5-3-4-24(30)34-26;1-14(37)25-18-7-15(16-10-30-23(9-29)31-11-16)5-6-19(18)36(34-25)13-24(38)35-12-17(28)8-20(35)26(39)33-22-4-2-3-21(27)32-22;/h3-5,7-8,10,12-13,20,23H,6,9,11,14-15H2,1-2H3,(H,34,35,42);2-7,10-11,17,20H,8-9,12-13,29H2,1H3,(H,32,33,39);1H/t20-,23+;17-,20+;/m11./s1. The fraction of sp³-hybridized carbons (Fsp3) is 0.291. The van der Waals surface area contributed by atoms with Gasteiger partial charge in [-0.15, -0.1) is 12.4 Å². The fourth-order valence-electron chi connectivity index (χ4n) is 9.44. The van der Waals surface area contributed by atoms with E-state index in [0.717, 1.165) is 16.7 Å². The Kier molecular flexibility index (Phi) is 19.1. The number of ketones is 3. The van der Waals surface area contributed by atoms with Gasteiger partial charge in [-0.3, -0.25) is 38.1 Å². The lowest BCUT2D eigenvalue weighted by molar-refractivity contribution is -0.137. The highest BCUT2D eigenvalue weighted by atomic mass is 79.9. The molecule has 0 aliphatic carbocycles. The predicted octanol–water partition coefficient (Wildman–Crippen LogP) is 7.26. The smallest absolute Gasteiger partial charge is 0.248 e. The van der Waals surface area contributed by atoms with E-state index in [1.165, 1.54) is 39.9 Å². The van der Waals surface area contributed by atoms with Crippen LogP contribution in [0.1, 0.15) is 72.7 Å². The van der Waals surface area contributed by atoms with Crippen molar-refractivity contribution in [3.05, 3.63) is 130 Å². The monoisotopic (exact) mass is 1270 g/mol. The Bertz CT molecular complexity index is 3760. The second-order valence-corrected chi connectivity index (χ2v) is 20.9. The number of rotatable bonds is 16. The van der Waals surface area contributed by atoms with E-state index in [1.54, 1.807) is 91.5 Å². The van der Waals surface area contributed by atoms with Gasteiger partial charge in [-0.1, -0.05) is 24.3 Å². The first kappa shape index (κ1) is 59.9. The molecular formula is C55H52Br2ClF2N15O7. The molecule has 0 unspecified atom stereocenters. The summed E-state index contributed by atoms with van der Waals surface area (Å²) in [5.41, 5.74) is 9.97. The van der Waals surface area contributed by atoms with Gasteiger partial charge in [0.05, 0.1) is 30.7 Å². The number of carbonyl (C=O) groups is 7. The number of hydrogen-bond acceptors (Lipinski definition) is 16. The normalized spacial score (nSPS) is 16.5. The zero-order valence-corrected chi connectivity index (χ0v) is 48.1. The number of pyridine rings is 2. The van der Waals surface area contributed by atoms with E-state index in [4.69, 9.17) is 5.73 Å². The van der Waals surface area contributed by atoms with Gasteiger partial charge in [-0.25, -0.2) is 38.7 Å². The fourth-order valence-corrected chi connectivity index (χ4v) is 10.1. The van der Waals surface area contributed by atoms with Gasteiger partial charge < -0.3 is 31.0 Å². The van der Waals surface area contributed by atoms with Gasteiger partial charge in [0.2, 0.25) is 23.6 Å². The molecule has 10 rings (SSSR count). The summed E-state index contributed by atoms with van der Waals surface area (Å²) in [4.78, 5) is 117. The van der Waals surface area contributed by atoms with Gasteiger partial charge in [-0.2, -0.15) is 10.2 Å². The third kappa shape index (κ3) is 13.9. The number of nitrogens with two attached hydrogens (primary N) is 1. The van der Waals surface area contributed by atoms with Crippen LogP contribution in [0.5, 0.6) is 0 Å². The molecule has 27 heteroatoms. The molecule has 6 aromatic heterocycles. The summed E-state index contributed by atoms with van der Waals surface area (Å²) in [5, 5.41) is 15.2. The minimum atomic E-state index is -1.36.